The number of rotatable bonds is 0. The van der Waals surface area contributed by atoms with Gasteiger partial charge in [-0.2, -0.15) is 0 Å². The predicted molar refractivity (Wildman–Crippen MR) is 30.8 cm³/mol. The van der Waals surface area contributed by atoms with Gasteiger partial charge < -0.3 is 0 Å². The van der Waals surface area contributed by atoms with E-state index < -0.39 is 4.84 Å². The van der Waals surface area contributed by atoms with Crippen LogP contribution >= 0.6 is 23.2 Å². The lowest BCUT2D eigenvalue weighted by Crippen LogP contribution is -1.64. The molecule has 0 aliphatic heterocycles. The molecule has 0 aliphatic rings. The van der Waals surface area contributed by atoms with Crippen molar-refractivity contribution in [1.82, 2.24) is 0 Å². The van der Waals surface area contributed by atoms with Crippen LogP contribution in [0.25, 0.3) is 0 Å². The Hall–Kier alpha value is 1.11. The molecule has 0 aromatic carbocycles. The molecule has 32 valence electrons. The van der Waals surface area contributed by atoms with Crippen molar-refractivity contribution < 1.29 is 2.85 Å². The van der Waals surface area contributed by atoms with Gasteiger partial charge in [-0.3, -0.25) is 0 Å². The first-order chi connectivity index (χ1) is 1.73. The molecule has 3 heteroatoms. The van der Waals surface area contributed by atoms with Crippen molar-refractivity contribution in [1.29, 1.82) is 0 Å². The minimum atomic E-state index is -0.472. The summed E-state index contributed by atoms with van der Waals surface area (Å²) >= 11 is 9.86. The molecule has 0 fully saturated rings. The smallest absolute Gasteiger partial charge is 0.105 e. The number of alkyl halides is 2. The third-order valence-electron chi connectivity index (χ3n) is 0. The highest BCUT2D eigenvalue weighted by atomic mass is 35.5. The van der Waals surface area contributed by atoms with E-state index in [2.05, 4.69) is 6.92 Å². The second kappa shape index (κ2) is 5.11. The number of hydrogen-bond donors (Lipinski definition) is 0. The molecule has 0 amide bonds. The van der Waals surface area contributed by atoms with Crippen LogP contribution < -0.4 is 0 Å². The molecule has 4 radical (unpaired) electrons. The first-order valence-corrected chi connectivity index (χ1v) is 1.72. The molecule has 0 saturated heterocycles. The first-order valence-electron chi connectivity index (χ1n) is 0.845. The lowest BCUT2D eigenvalue weighted by molar-refractivity contribution is 1.64. The Labute approximate surface area is 55.6 Å². The molecule has 0 unspecified atom stereocenters. The summed E-state index contributed by atoms with van der Waals surface area (Å²) in [6.07, 6.45) is 0. The van der Waals surface area contributed by atoms with Gasteiger partial charge in [0, 0.05) is 20.2 Å². The van der Waals surface area contributed by atoms with Crippen molar-refractivity contribution >= 4 is 40.6 Å². The van der Waals surface area contributed by atoms with Gasteiger partial charge in [0.25, 0.3) is 0 Å². The fourth-order valence-electron chi connectivity index (χ4n) is 0. The fraction of sp³-hybridized carbons (Fsp3) is 0.500. The van der Waals surface area contributed by atoms with Crippen LogP contribution in [-0.2, 0) is 0 Å². The molecule has 0 saturated carbocycles. The third-order valence-corrected chi connectivity index (χ3v) is 0. The van der Waals surface area contributed by atoms with Gasteiger partial charge >= 0.3 is 0 Å². The minimum absolute atomic E-state index is 0. The highest BCUT2D eigenvalue weighted by Crippen LogP contribution is 1.94. The predicted octanol–water partition coefficient (Wildman–Crippen LogP) is 1.74. The third kappa shape index (κ3) is 40.0. The van der Waals surface area contributed by atoms with Crippen LogP contribution in [0.5, 0.6) is 0 Å². The molecule has 0 nitrogen and oxygen atoms in total. The molecule has 0 bridgehead atoms. The Balaban J connectivity index is -0.0000000150. The zero-order valence-corrected chi connectivity index (χ0v) is 5.28. The van der Waals surface area contributed by atoms with Crippen LogP contribution in [0.4, 0.5) is 0 Å². The van der Waals surface area contributed by atoms with Gasteiger partial charge in [-0.1, -0.05) is 0 Å². The van der Waals surface area contributed by atoms with Crippen molar-refractivity contribution in [2.45, 2.75) is 4.84 Å². The van der Waals surface area contributed by atoms with Crippen molar-refractivity contribution in [2.24, 2.45) is 0 Å². The van der Waals surface area contributed by atoms with Crippen LogP contribution in [0.1, 0.15) is 2.85 Å². The van der Waals surface area contributed by atoms with Crippen LogP contribution in [0.3, 0.4) is 0 Å². The van der Waals surface area contributed by atoms with Gasteiger partial charge in [-0.15, -0.1) is 23.2 Å². The Kier molecular flexibility index (Phi) is 9.66. The van der Waals surface area contributed by atoms with Crippen molar-refractivity contribution in [3.05, 3.63) is 6.92 Å². The molecule has 0 N–H and O–H groups in total. The topological polar surface area (TPSA) is 0 Å². The second-order valence-electron chi connectivity index (χ2n) is 0.391. The zero-order valence-electron chi connectivity index (χ0n) is 2.62. The van der Waals surface area contributed by atoms with Crippen molar-refractivity contribution in [3.8, 4) is 0 Å². The molecule has 0 rings (SSSR count). The maximum atomic E-state index is 4.93. The summed E-state index contributed by atoms with van der Waals surface area (Å²) in [4.78, 5) is -0.472. The lowest BCUT2D eigenvalue weighted by Gasteiger charge is -1.72. The SMILES string of the molecule is [Al].[CH2]C(Cl)Cl.[HH].[HH]. The summed E-state index contributed by atoms with van der Waals surface area (Å²) in [5, 5.41) is 0. The average molecular weight is 129 g/mol. The molecular formula is C2H7AlCl2. The summed E-state index contributed by atoms with van der Waals surface area (Å²) < 4.78 is 0. The average Bonchev–Trinajstić information content (AvgIpc) is 0.811. The van der Waals surface area contributed by atoms with E-state index in [1.165, 1.54) is 0 Å². The maximum Gasteiger partial charge on any atom is 0.107 e. The fourth-order valence-corrected chi connectivity index (χ4v) is 0. The molecule has 0 aliphatic carbocycles. The molecule has 5 heavy (non-hydrogen) atoms. The second-order valence-corrected chi connectivity index (χ2v) is 1.67. The van der Waals surface area contributed by atoms with Gasteiger partial charge in [-0.05, 0) is 6.92 Å². The summed E-state index contributed by atoms with van der Waals surface area (Å²) in [5.41, 5.74) is 0. The summed E-state index contributed by atoms with van der Waals surface area (Å²) in [6.45, 7) is 3.17. The van der Waals surface area contributed by atoms with E-state index in [0.717, 1.165) is 0 Å². The highest BCUT2D eigenvalue weighted by molar-refractivity contribution is 6.44. The van der Waals surface area contributed by atoms with Crippen molar-refractivity contribution in [3.63, 3.8) is 0 Å². The van der Waals surface area contributed by atoms with Crippen LogP contribution in [0, 0.1) is 6.92 Å². The van der Waals surface area contributed by atoms with Crippen LogP contribution in [0.2, 0.25) is 0 Å². The molecule has 0 aromatic rings. The molecule has 0 heterocycles. The Morgan fingerprint density at radius 1 is 1.60 bits per heavy atom. The summed E-state index contributed by atoms with van der Waals surface area (Å²) in [7, 11) is 0. The standard InChI is InChI=1S/C2H3Cl2.Al.2H2/c1-2(3)4;;;/h2H,1H2;;2*1H. The maximum absolute atomic E-state index is 4.93. The Bertz CT molecular complexity index is 18.4. The number of hydrogen-bond acceptors (Lipinski definition) is 0. The summed E-state index contributed by atoms with van der Waals surface area (Å²) in [5.74, 6) is 0. The van der Waals surface area contributed by atoms with Crippen molar-refractivity contribution in [2.75, 3.05) is 0 Å². The van der Waals surface area contributed by atoms with E-state index in [-0.39, 0.29) is 20.2 Å². The monoisotopic (exact) mass is 128 g/mol. The van der Waals surface area contributed by atoms with Gasteiger partial charge in [0.05, 0.1) is 0 Å². The largest absolute Gasteiger partial charge is 0.107 e. The normalized spacial score (nSPS) is 7.20. The lowest BCUT2D eigenvalue weighted by atomic mass is 11.0. The number of halogens is 2. The van der Waals surface area contributed by atoms with Gasteiger partial charge in [-0.25, -0.2) is 0 Å². The Morgan fingerprint density at radius 2 is 1.60 bits per heavy atom. The van der Waals surface area contributed by atoms with E-state index in [1.54, 1.807) is 0 Å². The van der Waals surface area contributed by atoms with Crippen LogP contribution in [-0.4, -0.2) is 22.2 Å². The zero-order chi connectivity index (χ0) is 3.58. The first kappa shape index (κ1) is 9.45. The van der Waals surface area contributed by atoms with Gasteiger partial charge in [0.15, 0.2) is 0 Å². The molecular weight excluding hydrogens is 122 g/mol. The molecule has 0 aromatic heterocycles. The van der Waals surface area contributed by atoms with E-state index in [0.29, 0.717) is 0 Å². The van der Waals surface area contributed by atoms with E-state index in [9.17, 15) is 0 Å². The highest BCUT2D eigenvalue weighted by Gasteiger charge is 1.75. The van der Waals surface area contributed by atoms with E-state index in [4.69, 9.17) is 23.2 Å². The van der Waals surface area contributed by atoms with E-state index >= 15 is 0 Å². The Morgan fingerprint density at radius 3 is 1.60 bits per heavy atom. The van der Waals surface area contributed by atoms with Crippen LogP contribution in [0.15, 0.2) is 0 Å². The summed E-state index contributed by atoms with van der Waals surface area (Å²) in [6, 6.07) is 0. The molecule has 0 atom stereocenters. The quantitative estimate of drug-likeness (QED) is 0.345. The van der Waals surface area contributed by atoms with Gasteiger partial charge in [0.2, 0.25) is 0 Å². The molecule has 0 spiro atoms. The van der Waals surface area contributed by atoms with Gasteiger partial charge in [0.1, 0.15) is 4.84 Å². The minimum Gasteiger partial charge on any atom is -0.105 e. The van der Waals surface area contributed by atoms with E-state index in [1.807, 2.05) is 0 Å².